The van der Waals surface area contributed by atoms with Gasteiger partial charge in [-0.3, -0.25) is 4.79 Å². The van der Waals surface area contributed by atoms with Crippen molar-refractivity contribution in [1.82, 2.24) is 4.98 Å². The summed E-state index contributed by atoms with van der Waals surface area (Å²) in [4.78, 5) is 16.1. The molecular weight excluding hydrogens is 264 g/mol. The van der Waals surface area contributed by atoms with E-state index in [1.54, 1.807) is 12.1 Å². The summed E-state index contributed by atoms with van der Waals surface area (Å²) in [6.45, 7) is 2.17. The van der Waals surface area contributed by atoms with Gasteiger partial charge >= 0.3 is 0 Å². The second-order valence-corrected chi connectivity index (χ2v) is 4.83. The van der Waals surface area contributed by atoms with E-state index in [4.69, 9.17) is 5.84 Å². The van der Waals surface area contributed by atoms with Crippen LogP contribution < -0.4 is 16.6 Å². The van der Waals surface area contributed by atoms with E-state index in [-0.39, 0.29) is 5.91 Å². The molecule has 1 heterocycles. The minimum atomic E-state index is -0.188. The number of aryl methyl sites for hydroxylation is 1. The zero-order valence-corrected chi connectivity index (χ0v) is 12.1. The minimum absolute atomic E-state index is 0.188. The number of anilines is 2. The number of carbonyl (C=O) groups excluding carboxylic acids is 1. The van der Waals surface area contributed by atoms with E-state index in [2.05, 4.69) is 22.7 Å². The molecule has 1 aromatic heterocycles. The predicted octanol–water partition coefficient (Wildman–Crippen LogP) is 2.96. The summed E-state index contributed by atoms with van der Waals surface area (Å²) in [7, 11) is 0. The monoisotopic (exact) mass is 284 g/mol. The number of hydrogen-bond acceptors (Lipinski definition) is 4. The maximum Gasteiger partial charge on any atom is 0.257 e. The molecule has 0 fully saturated rings. The zero-order chi connectivity index (χ0) is 15.1. The van der Waals surface area contributed by atoms with E-state index in [9.17, 15) is 4.79 Å². The van der Waals surface area contributed by atoms with Crippen LogP contribution in [0.4, 0.5) is 11.5 Å². The van der Waals surface area contributed by atoms with Crippen molar-refractivity contribution in [2.75, 3.05) is 10.7 Å². The number of unbranched alkanes of at least 4 members (excludes halogenated alkanes) is 1. The number of hydrogen-bond donors (Lipinski definition) is 3. The lowest BCUT2D eigenvalue weighted by molar-refractivity contribution is 0.102. The first-order valence-electron chi connectivity index (χ1n) is 7.06. The zero-order valence-electron chi connectivity index (χ0n) is 12.1. The number of nitrogens with two attached hydrogens (primary N) is 1. The molecule has 0 bridgehead atoms. The van der Waals surface area contributed by atoms with Gasteiger partial charge in [0.1, 0.15) is 5.82 Å². The van der Waals surface area contributed by atoms with Gasteiger partial charge in [-0.15, -0.1) is 0 Å². The summed E-state index contributed by atoms with van der Waals surface area (Å²) in [5.74, 6) is 5.57. The van der Waals surface area contributed by atoms with Crippen molar-refractivity contribution in [3.8, 4) is 0 Å². The van der Waals surface area contributed by atoms with Crippen molar-refractivity contribution in [3.05, 3.63) is 53.7 Å². The first-order valence-corrected chi connectivity index (χ1v) is 7.06. The molecule has 4 N–H and O–H groups in total. The minimum Gasteiger partial charge on any atom is -0.322 e. The average molecular weight is 284 g/mol. The average Bonchev–Trinajstić information content (AvgIpc) is 2.54. The molecule has 5 heteroatoms. The van der Waals surface area contributed by atoms with Gasteiger partial charge in [-0.2, -0.15) is 0 Å². The second kappa shape index (κ2) is 7.40. The molecule has 0 aliphatic heterocycles. The van der Waals surface area contributed by atoms with Crippen molar-refractivity contribution in [3.63, 3.8) is 0 Å². The number of amides is 1. The van der Waals surface area contributed by atoms with Crippen LogP contribution in [0, 0.1) is 0 Å². The summed E-state index contributed by atoms with van der Waals surface area (Å²) in [5, 5.41) is 2.85. The first-order chi connectivity index (χ1) is 10.2. The Morgan fingerprint density at radius 3 is 2.52 bits per heavy atom. The number of nitrogens with one attached hydrogen (secondary N) is 2. The van der Waals surface area contributed by atoms with E-state index in [0.29, 0.717) is 11.4 Å². The number of hydrazine groups is 1. The molecule has 0 saturated carbocycles. The number of carbonyl (C=O) groups is 1. The molecule has 21 heavy (non-hydrogen) atoms. The maximum atomic E-state index is 12.1. The number of benzene rings is 1. The van der Waals surface area contributed by atoms with E-state index >= 15 is 0 Å². The predicted molar refractivity (Wildman–Crippen MR) is 85.1 cm³/mol. The van der Waals surface area contributed by atoms with Gasteiger partial charge in [0.25, 0.3) is 5.91 Å². The van der Waals surface area contributed by atoms with Crippen molar-refractivity contribution in [2.24, 2.45) is 5.84 Å². The van der Waals surface area contributed by atoms with Gasteiger partial charge < -0.3 is 10.7 Å². The van der Waals surface area contributed by atoms with Crippen LogP contribution in [-0.4, -0.2) is 10.9 Å². The molecule has 2 aromatic rings. The van der Waals surface area contributed by atoms with Crippen LogP contribution in [0.1, 0.15) is 35.7 Å². The number of rotatable bonds is 6. The highest BCUT2D eigenvalue weighted by Crippen LogP contribution is 2.13. The largest absolute Gasteiger partial charge is 0.322 e. The Balaban J connectivity index is 1.98. The summed E-state index contributed by atoms with van der Waals surface area (Å²) in [6.07, 6.45) is 4.92. The highest BCUT2D eigenvalue weighted by atomic mass is 16.1. The molecule has 2 rings (SSSR count). The molecule has 0 radical (unpaired) electrons. The molecule has 0 aliphatic carbocycles. The molecule has 0 saturated heterocycles. The van der Waals surface area contributed by atoms with E-state index in [1.807, 2.05) is 24.3 Å². The third kappa shape index (κ3) is 4.29. The lowest BCUT2D eigenvalue weighted by atomic mass is 10.1. The SMILES string of the molecule is CCCCc1ccc(NC(=O)c2ccc(NN)nc2)cc1. The van der Waals surface area contributed by atoms with Crippen LogP contribution in [0.3, 0.4) is 0 Å². The lowest BCUT2D eigenvalue weighted by Gasteiger charge is -2.07. The van der Waals surface area contributed by atoms with Crippen molar-refractivity contribution < 1.29 is 4.79 Å². The fourth-order valence-corrected chi connectivity index (χ4v) is 1.95. The van der Waals surface area contributed by atoms with Crippen molar-refractivity contribution in [1.29, 1.82) is 0 Å². The Morgan fingerprint density at radius 2 is 1.95 bits per heavy atom. The Morgan fingerprint density at radius 1 is 1.19 bits per heavy atom. The number of nitrogens with zero attached hydrogens (tertiary/aromatic N) is 1. The number of nitrogen functional groups attached to an aromatic ring is 1. The van der Waals surface area contributed by atoms with Crippen molar-refractivity contribution in [2.45, 2.75) is 26.2 Å². The lowest BCUT2D eigenvalue weighted by Crippen LogP contribution is -2.13. The van der Waals surface area contributed by atoms with Crippen LogP contribution in [0.2, 0.25) is 0 Å². The van der Waals surface area contributed by atoms with Gasteiger partial charge in [0.05, 0.1) is 5.56 Å². The fourth-order valence-electron chi connectivity index (χ4n) is 1.95. The third-order valence-corrected chi connectivity index (χ3v) is 3.20. The topological polar surface area (TPSA) is 80.0 Å². The van der Waals surface area contributed by atoms with Gasteiger partial charge in [-0.05, 0) is 42.7 Å². The van der Waals surface area contributed by atoms with E-state index in [0.717, 1.165) is 12.1 Å². The summed E-state index contributed by atoms with van der Waals surface area (Å²) >= 11 is 0. The van der Waals surface area contributed by atoms with Gasteiger partial charge in [0, 0.05) is 11.9 Å². The van der Waals surface area contributed by atoms with Crippen molar-refractivity contribution >= 4 is 17.4 Å². The van der Waals surface area contributed by atoms with Gasteiger partial charge in [-0.1, -0.05) is 25.5 Å². The first kappa shape index (κ1) is 15.0. The quantitative estimate of drug-likeness (QED) is 0.563. The van der Waals surface area contributed by atoms with Crippen LogP contribution in [-0.2, 0) is 6.42 Å². The molecule has 0 spiro atoms. The second-order valence-electron chi connectivity index (χ2n) is 4.83. The number of aromatic nitrogens is 1. The Bertz CT molecular complexity index is 578. The highest BCUT2D eigenvalue weighted by Gasteiger charge is 2.06. The van der Waals surface area contributed by atoms with Crippen LogP contribution in [0.5, 0.6) is 0 Å². The highest BCUT2D eigenvalue weighted by molar-refractivity contribution is 6.04. The van der Waals surface area contributed by atoms with Crippen LogP contribution in [0.25, 0.3) is 0 Å². The van der Waals surface area contributed by atoms with Gasteiger partial charge in [0.2, 0.25) is 0 Å². The smallest absolute Gasteiger partial charge is 0.257 e. The summed E-state index contributed by atoms with van der Waals surface area (Å²) < 4.78 is 0. The van der Waals surface area contributed by atoms with Gasteiger partial charge in [-0.25, -0.2) is 10.8 Å². The molecule has 110 valence electrons. The van der Waals surface area contributed by atoms with E-state index < -0.39 is 0 Å². The van der Waals surface area contributed by atoms with E-state index in [1.165, 1.54) is 24.6 Å². The fraction of sp³-hybridized carbons (Fsp3) is 0.250. The molecular formula is C16H20N4O. The summed E-state index contributed by atoms with van der Waals surface area (Å²) in [6, 6.07) is 11.3. The Hall–Kier alpha value is -2.40. The standard InChI is InChI=1S/C16H20N4O/c1-2-3-4-12-5-8-14(9-6-12)19-16(21)13-7-10-15(20-17)18-11-13/h5-11H,2-4,17H2,1H3,(H,18,20)(H,19,21). The Kier molecular flexibility index (Phi) is 5.29. The maximum absolute atomic E-state index is 12.1. The summed E-state index contributed by atoms with van der Waals surface area (Å²) in [5.41, 5.74) is 4.98. The number of pyridine rings is 1. The van der Waals surface area contributed by atoms with Crippen LogP contribution >= 0.6 is 0 Å². The Labute approximate surface area is 124 Å². The normalized spacial score (nSPS) is 10.2. The molecule has 5 nitrogen and oxygen atoms in total. The molecule has 1 amide bonds. The molecule has 0 unspecified atom stereocenters. The molecule has 0 atom stereocenters. The third-order valence-electron chi connectivity index (χ3n) is 3.20. The van der Waals surface area contributed by atoms with Crippen LogP contribution in [0.15, 0.2) is 42.6 Å². The van der Waals surface area contributed by atoms with Gasteiger partial charge in [0.15, 0.2) is 0 Å². The molecule has 0 aliphatic rings. The molecule has 1 aromatic carbocycles.